The minimum Gasteiger partial charge on any atom is -0.381 e. The van der Waals surface area contributed by atoms with Gasteiger partial charge in [0.2, 0.25) is 0 Å². The number of pyridine rings is 1. The van der Waals surface area contributed by atoms with E-state index in [4.69, 9.17) is 11.5 Å². The van der Waals surface area contributed by atoms with E-state index in [9.17, 15) is 0 Å². The van der Waals surface area contributed by atoms with Crippen LogP contribution in [0.5, 0.6) is 0 Å². The van der Waals surface area contributed by atoms with Gasteiger partial charge in [0.25, 0.3) is 0 Å². The molecule has 5 heteroatoms. The molecular formula is C14H13N5. The number of fused-ring (bicyclic) bond motifs is 1. The lowest BCUT2D eigenvalue weighted by Gasteiger charge is -2.05. The van der Waals surface area contributed by atoms with Gasteiger partial charge >= 0.3 is 0 Å². The second-order valence-corrected chi connectivity index (χ2v) is 4.34. The Kier molecular flexibility index (Phi) is 2.72. The van der Waals surface area contributed by atoms with Crippen LogP contribution < -0.4 is 11.5 Å². The van der Waals surface area contributed by atoms with Crippen LogP contribution in [0.15, 0.2) is 42.7 Å². The van der Waals surface area contributed by atoms with Crippen molar-refractivity contribution in [2.24, 2.45) is 0 Å². The average molecular weight is 251 g/mol. The van der Waals surface area contributed by atoms with Crippen LogP contribution in [0.2, 0.25) is 0 Å². The van der Waals surface area contributed by atoms with E-state index in [0.717, 1.165) is 22.2 Å². The van der Waals surface area contributed by atoms with Crippen molar-refractivity contribution in [1.82, 2.24) is 15.0 Å². The van der Waals surface area contributed by atoms with Crippen LogP contribution in [-0.4, -0.2) is 15.0 Å². The molecule has 0 spiro atoms. The summed E-state index contributed by atoms with van der Waals surface area (Å²) in [6.07, 6.45) is 4.11. The van der Waals surface area contributed by atoms with Gasteiger partial charge < -0.3 is 11.5 Å². The predicted octanol–water partition coefficient (Wildman–Crippen LogP) is 1.78. The molecule has 0 fully saturated rings. The Morgan fingerprint density at radius 2 is 1.89 bits per heavy atom. The maximum Gasteiger partial charge on any atom is 0.166 e. The van der Waals surface area contributed by atoms with Crippen LogP contribution >= 0.6 is 0 Å². The summed E-state index contributed by atoms with van der Waals surface area (Å²) < 4.78 is 0. The smallest absolute Gasteiger partial charge is 0.166 e. The fraction of sp³-hybridized carbons (Fsp3) is 0.0714. The third-order valence-corrected chi connectivity index (χ3v) is 2.93. The van der Waals surface area contributed by atoms with E-state index in [-0.39, 0.29) is 11.6 Å². The summed E-state index contributed by atoms with van der Waals surface area (Å²) >= 11 is 0. The molecule has 0 bridgehead atoms. The van der Waals surface area contributed by atoms with Gasteiger partial charge in [-0.1, -0.05) is 12.1 Å². The number of hydrogen-bond donors (Lipinski definition) is 2. The maximum absolute atomic E-state index is 5.66. The zero-order valence-corrected chi connectivity index (χ0v) is 10.2. The number of nitrogens with zero attached hydrogens (tertiary/aromatic N) is 3. The third-order valence-electron chi connectivity index (χ3n) is 2.93. The molecule has 3 aromatic rings. The first-order chi connectivity index (χ1) is 9.22. The van der Waals surface area contributed by atoms with E-state index in [1.165, 1.54) is 0 Å². The lowest BCUT2D eigenvalue weighted by molar-refractivity contribution is 1.04. The number of nitrogens with two attached hydrogens (primary N) is 2. The molecule has 0 aliphatic heterocycles. The zero-order valence-electron chi connectivity index (χ0n) is 10.2. The van der Waals surface area contributed by atoms with E-state index in [1.54, 1.807) is 12.4 Å². The molecule has 0 saturated heterocycles. The third kappa shape index (κ3) is 2.30. The Labute approximate surface area is 110 Å². The molecule has 0 unspecified atom stereocenters. The van der Waals surface area contributed by atoms with Crippen LogP contribution in [0.1, 0.15) is 11.3 Å². The van der Waals surface area contributed by atoms with Gasteiger partial charge in [-0.25, -0.2) is 9.97 Å². The Hall–Kier alpha value is -2.69. The number of rotatable bonds is 2. The van der Waals surface area contributed by atoms with Gasteiger partial charge in [-0.15, -0.1) is 0 Å². The van der Waals surface area contributed by atoms with Crippen molar-refractivity contribution < 1.29 is 0 Å². The number of nitrogen functional groups attached to an aromatic ring is 2. The van der Waals surface area contributed by atoms with Gasteiger partial charge in [0, 0.05) is 18.0 Å². The molecule has 0 amide bonds. The normalized spacial score (nSPS) is 10.7. The molecule has 0 aliphatic carbocycles. The van der Waals surface area contributed by atoms with E-state index in [0.29, 0.717) is 6.42 Å². The zero-order chi connectivity index (χ0) is 13.2. The van der Waals surface area contributed by atoms with Gasteiger partial charge in [0.15, 0.2) is 11.6 Å². The number of hydrogen-bond acceptors (Lipinski definition) is 5. The number of anilines is 2. The summed E-state index contributed by atoms with van der Waals surface area (Å²) in [5, 5.41) is 1.11. The molecule has 2 aromatic heterocycles. The molecule has 2 heterocycles. The molecule has 19 heavy (non-hydrogen) atoms. The van der Waals surface area contributed by atoms with Crippen LogP contribution in [0, 0.1) is 0 Å². The first-order valence-electron chi connectivity index (χ1n) is 5.93. The summed E-state index contributed by atoms with van der Waals surface area (Å²) in [4.78, 5) is 12.5. The maximum atomic E-state index is 5.66. The van der Waals surface area contributed by atoms with Crippen molar-refractivity contribution in [1.29, 1.82) is 0 Å². The quantitative estimate of drug-likeness (QED) is 0.724. The van der Waals surface area contributed by atoms with E-state index < -0.39 is 0 Å². The summed E-state index contributed by atoms with van der Waals surface area (Å²) in [5.74, 6) is 0.548. The van der Waals surface area contributed by atoms with Gasteiger partial charge in [-0.3, -0.25) is 4.98 Å². The summed E-state index contributed by atoms with van der Waals surface area (Å²) in [7, 11) is 0. The molecule has 0 atom stereocenters. The molecule has 1 aromatic carbocycles. The minimum atomic E-state index is 0.270. The minimum absolute atomic E-state index is 0.270. The predicted molar refractivity (Wildman–Crippen MR) is 75.4 cm³/mol. The summed E-state index contributed by atoms with van der Waals surface area (Å²) in [6, 6.07) is 10.1. The first kappa shape index (κ1) is 11.4. The molecule has 0 radical (unpaired) electrons. The van der Waals surface area contributed by atoms with Crippen molar-refractivity contribution in [2.45, 2.75) is 6.42 Å². The van der Waals surface area contributed by atoms with Crippen molar-refractivity contribution in [3.8, 4) is 0 Å². The molecule has 0 aliphatic rings. The average Bonchev–Trinajstić information content (AvgIpc) is 2.43. The van der Waals surface area contributed by atoms with Crippen molar-refractivity contribution in [3.63, 3.8) is 0 Å². The highest BCUT2D eigenvalue weighted by atomic mass is 15.0. The largest absolute Gasteiger partial charge is 0.381 e. The van der Waals surface area contributed by atoms with Crippen molar-refractivity contribution in [3.05, 3.63) is 54.0 Å². The summed E-state index contributed by atoms with van der Waals surface area (Å²) in [6.45, 7) is 0. The highest BCUT2D eigenvalue weighted by molar-refractivity contribution is 5.79. The fourth-order valence-corrected chi connectivity index (χ4v) is 1.98. The summed E-state index contributed by atoms with van der Waals surface area (Å²) in [5.41, 5.74) is 14.1. The Morgan fingerprint density at radius 3 is 2.74 bits per heavy atom. The SMILES string of the molecule is Nc1ncc(Cc2ccc3ncccc3c2)nc1N. The number of benzene rings is 1. The van der Waals surface area contributed by atoms with Crippen molar-refractivity contribution in [2.75, 3.05) is 11.5 Å². The molecule has 3 rings (SSSR count). The molecular weight excluding hydrogens is 238 g/mol. The first-order valence-corrected chi connectivity index (χ1v) is 5.93. The monoisotopic (exact) mass is 251 g/mol. The van der Waals surface area contributed by atoms with Crippen LogP contribution in [0.4, 0.5) is 11.6 Å². The van der Waals surface area contributed by atoms with E-state index in [2.05, 4.69) is 21.0 Å². The Bertz CT molecular complexity index is 739. The Morgan fingerprint density at radius 1 is 1.00 bits per heavy atom. The number of aromatic nitrogens is 3. The molecule has 5 nitrogen and oxygen atoms in total. The van der Waals surface area contributed by atoms with Crippen LogP contribution in [0.3, 0.4) is 0 Å². The van der Waals surface area contributed by atoms with Gasteiger partial charge in [-0.05, 0) is 23.8 Å². The van der Waals surface area contributed by atoms with Crippen LogP contribution in [-0.2, 0) is 6.42 Å². The fourth-order valence-electron chi connectivity index (χ4n) is 1.98. The van der Waals surface area contributed by atoms with Gasteiger partial charge in [0.1, 0.15) is 0 Å². The van der Waals surface area contributed by atoms with Crippen molar-refractivity contribution >= 4 is 22.5 Å². The highest BCUT2D eigenvalue weighted by Crippen LogP contribution is 2.16. The topological polar surface area (TPSA) is 90.7 Å². The molecule has 0 saturated carbocycles. The standard InChI is InChI=1S/C14H13N5/c15-13-14(16)19-11(8-18-13)7-9-3-4-12-10(6-9)2-1-5-17-12/h1-6,8H,7H2,(H2,15,18)(H2,16,19). The molecule has 94 valence electrons. The molecule has 4 N–H and O–H groups in total. The van der Waals surface area contributed by atoms with E-state index in [1.807, 2.05) is 24.3 Å². The lowest BCUT2D eigenvalue weighted by atomic mass is 10.1. The Balaban J connectivity index is 1.94. The second kappa shape index (κ2) is 4.53. The highest BCUT2D eigenvalue weighted by Gasteiger charge is 2.03. The van der Waals surface area contributed by atoms with Crippen LogP contribution in [0.25, 0.3) is 10.9 Å². The van der Waals surface area contributed by atoms with Gasteiger partial charge in [-0.2, -0.15) is 0 Å². The lowest BCUT2D eigenvalue weighted by Crippen LogP contribution is -2.04. The van der Waals surface area contributed by atoms with E-state index >= 15 is 0 Å². The second-order valence-electron chi connectivity index (χ2n) is 4.34. The van der Waals surface area contributed by atoms with Gasteiger partial charge in [0.05, 0.1) is 17.4 Å².